The van der Waals surface area contributed by atoms with E-state index in [1.165, 1.54) is 11.4 Å². The van der Waals surface area contributed by atoms with Crippen LogP contribution in [-0.2, 0) is 30.8 Å². The molecule has 0 radical (unpaired) electrons. The number of nitrogen functional groups attached to an aromatic ring is 1. The Morgan fingerprint density at radius 2 is 1.62 bits per heavy atom. The first-order valence-corrected chi connectivity index (χ1v) is 15.4. The highest BCUT2D eigenvalue weighted by molar-refractivity contribution is 7.92. The fourth-order valence-corrected chi connectivity index (χ4v) is 6.22. The van der Waals surface area contributed by atoms with E-state index in [-0.39, 0.29) is 43.2 Å². The van der Waals surface area contributed by atoms with Crippen molar-refractivity contribution >= 4 is 45.8 Å². The Morgan fingerprint density at radius 1 is 1.02 bits per heavy atom. The zero-order valence-corrected chi connectivity index (χ0v) is 25.4. The minimum absolute atomic E-state index is 0. The lowest BCUT2D eigenvalue weighted by molar-refractivity contribution is -0.144. The van der Waals surface area contributed by atoms with Crippen molar-refractivity contribution in [3.8, 4) is 11.1 Å². The van der Waals surface area contributed by atoms with Gasteiger partial charge in [-0.1, -0.05) is 66.7 Å². The molecule has 11 heteroatoms. The zero-order chi connectivity index (χ0) is 29.6. The molecule has 0 spiro atoms. The fraction of sp³-hybridized carbons (Fsp3) is 0.323. The van der Waals surface area contributed by atoms with Crippen LogP contribution in [0.2, 0.25) is 0 Å². The maximum Gasteiger partial charge on any atom is 0.306 e. The minimum atomic E-state index is -3.68. The van der Waals surface area contributed by atoms with Crippen LogP contribution < -0.4 is 10.0 Å². The number of amides is 1. The van der Waals surface area contributed by atoms with Gasteiger partial charge in [-0.3, -0.25) is 19.3 Å². The van der Waals surface area contributed by atoms with E-state index in [9.17, 15) is 18.0 Å². The number of likely N-dealkylation sites (tertiary alicyclic amines) is 1. The van der Waals surface area contributed by atoms with Crippen LogP contribution in [0, 0.1) is 11.3 Å². The summed E-state index contributed by atoms with van der Waals surface area (Å²) in [5.41, 5.74) is 9.61. The van der Waals surface area contributed by atoms with Crippen molar-refractivity contribution in [2.24, 2.45) is 11.7 Å². The summed E-state index contributed by atoms with van der Waals surface area (Å²) in [5, 5.41) is 7.56. The second kappa shape index (κ2) is 14.3. The average Bonchev–Trinajstić information content (AvgIpc) is 3.25. The normalized spacial score (nSPS) is 16.5. The number of benzene rings is 3. The maximum atomic E-state index is 13.4. The van der Waals surface area contributed by atoms with Gasteiger partial charge in [0.05, 0.1) is 44.0 Å². The molecule has 0 aliphatic carbocycles. The molecule has 3 aromatic carbocycles. The number of anilines is 1. The molecule has 1 fully saturated rings. The first-order chi connectivity index (χ1) is 19.6. The number of carbonyl (C=O) groups excluding carboxylic acids is 2. The van der Waals surface area contributed by atoms with Gasteiger partial charge in [0.25, 0.3) is 0 Å². The number of nitrogens with zero attached hydrogens (tertiary/aromatic N) is 2. The molecule has 1 aliphatic rings. The molecule has 9 nitrogen and oxygen atoms in total. The van der Waals surface area contributed by atoms with Gasteiger partial charge in [0.2, 0.25) is 15.9 Å². The van der Waals surface area contributed by atoms with Crippen LogP contribution in [0.4, 0.5) is 5.69 Å². The number of rotatable bonds is 12. The van der Waals surface area contributed by atoms with Crippen LogP contribution >= 0.6 is 12.4 Å². The van der Waals surface area contributed by atoms with E-state index in [4.69, 9.17) is 15.9 Å². The van der Waals surface area contributed by atoms with Crippen molar-refractivity contribution in [1.29, 1.82) is 5.41 Å². The summed E-state index contributed by atoms with van der Waals surface area (Å²) in [4.78, 5) is 27.1. The second-order valence-corrected chi connectivity index (χ2v) is 12.2. The van der Waals surface area contributed by atoms with Gasteiger partial charge >= 0.3 is 5.97 Å². The summed E-state index contributed by atoms with van der Waals surface area (Å²) in [6.07, 6.45) is 2.99. The van der Waals surface area contributed by atoms with Crippen LogP contribution in [-0.4, -0.2) is 63.5 Å². The Hall–Kier alpha value is -3.89. The van der Waals surface area contributed by atoms with Gasteiger partial charge in [0, 0.05) is 12.1 Å². The number of hydrogen-bond donors (Lipinski definition) is 2. The molecule has 224 valence electrons. The van der Waals surface area contributed by atoms with E-state index in [1.54, 1.807) is 29.2 Å². The number of methoxy groups -OCH3 is 1. The van der Waals surface area contributed by atoms with Crippen molar-refractivity contribution in [3.05, 3.63) is 90.0 Å². The monoisotopic (exact) mass is 612 g/mol. The Morgan fingerprint density at radius 3 is 2.17 bits per heavy atom. The number of nitrogens with two attached hydrogens (primary N) is 1. The molecule has 2 atom stereocenters. The summed E-state index contributed by atoms with van der Waals surface area (Å²) in [5.74, 6) is -1.17. The largest absolute Gasteiger partial charge is 0.469 e. The van der Waals surface area contributed by atoms with Crippen molar-refractivity contribution < 1.29 is 22.7 Å². The molecule has 3 N–H and O–H groups in total. The number of hydrogen-bond acceptors (Lipinski definition) is 6. The summed E-state index contributed by atoms with van der Waals surface area (Å²) >= 11 is 0. The number of carbonyl (C=O) groups is 2. The number of sulfonamides is 1. The van der Waals surface area contributed by atoms with Crippen LogP contribution in [0.15, 0.2) is 78.9 Å². The van der Waals surface area contributed by atoms with Crippen molar-refractivity contribution in [1.82, 2.24) is 4.90 Å². The highest BCUT2D eigenvalue weighted by Crippen LogP contribution is 2.31. The van der Waals surface area contributed by atoms with Gasteiger partial charge in [0.1, 0.15) is 5.84 Å². The third kappa shape index (κ3) is 8.10. The highest BCUT2D eigenvalue weighted by Gasteiger charge is 2.42. The van der Waals surface area contributed by atoms with Crippen LogP contribution in [0.5, 0.6) is 0 Å². The maximum absolute atomic E-state index is 13.4. The molecule has 0 saturated carbocycles. The van der Waals surface area contributed by atoms with Crippen molar-refractivity contribution in [2.75, 3.05) is 30.8 Å². The number of nitrogens with one attached hydrogen (secondary N) is 1. The van der Waals surface area contributed by atoms with Crippen LogP contribution in [0.1, 0.15) is 30.4 Å². The molecule has 3 aromatic rings. The first-order valence-electron chi connectivity index (χ1n) is 13.5. The molecule has 1 heterocycles. The Balaban J connectivity index is 0.00000484. The molecule has 1 saturated heterocycles. The number of ether oxygens (including phenoxy) is 1. The summed E-state index contributed by atoms with van der Waals surface area (Å²) in [7, 11) is -2.39. The minimum Gasteiger partial charge on any atom is -0.469 e. The topological polar surface area (TPSA) is 134 Å². The number of amidine groups is 1. The van der Waals surface area contributed by atoms with Gasteiger partial charge in [-0.05, 0) is 48.1 Å². The second-order valence-electron chi connectivity index (χ2n) is 10.3. The summed E-state index contributed by atoms with van der Waals surface area (Å²) in [6.45, 7) is 0.545. The average molecular weight is 613 g/mol. The molecular formula is C31H37ClN4O5S. The van der Waals surface area contributed by atoms with E-state index in [0.29, 0.717) is 30.6 Å². The molecule has 1 aliphatic heterocycles. The molecule has 0 unspecified atom stereocenters. The lowest BCUT2D eigenvalue weighted by atomic mass is 10.0. The number of esters is 1. The molecule has 0 bridgehead atoms. The third-order valence-electron chi connectivity index (χ3n) is 7.44. The molecule has 42 heavy (non-hydrogen) atoms. The molecule has 1 amide bonds. The quantitative estimate of drug-likeness (QED) is 0.179. The SMILES string of the molecule is COC(=O)C[C@@H]1C[C@@H](CN(c2ccc(-c3ccc(C(=N)N)cc3)cc2)S(C)(=O)=O)N(CCCc2ccccc2)C1=O.Cl. The Kier molecular flexibility index (Phi) is 11.1. The van der Waals surface area contributed by atoms with Gasteiger partial charge in [-0.25, -0.2) is 8.42 Å². The lowest BCUT2D eigenvalue weighted by Gasteiger charge is -2.31. The lowest BCUT2D eigenvalue weighted by Crippen LogP contribution is -2.44. The highest BCUT2D eigenvalue weighted by atomic mass is 35.5. The summed E-state index contributed by atoms with van der Waals surface area (Å²) in [6, 6.07) is 24.0. The van der Waals surface area contributed by atoms with Gasteiger partial charge < -0.3 is 15.4 Å². The predicted octanol–water partition coefficient (Wildman–Crippen LogP) is 4.24. The van der Waals surface area contributed by atoms with E-state index in [2.05, 4.69) is 0 Å². The van der Waals surface area contributed by atoms with Gasteiger partial charge in [0.15, 0.2) is 0 Å². The van der Waals surface area contributed by atoms with E-state index >= 15 is 0 Å². The third-order valence-corrected chi connectivity index (χ3v) is 8.60. The van der Waals surface area contributed by atoms with Crippen molar-refractivity contribution in [3.63, 3.8) is 0 Å². The van der Waals surface area contributed by atoms with Gasteiger partial charge in [-0.15, -0.1) is 12.4 Å². The molecule has 0 aromatic heterocycles. The molecular weight excluding hydrogens is 576 g/mol. The predicted molar refractivity (Wildman–Crippen MR) is 167 cm³/mol. The van der Waals surface area contributed by atoms with E-state index in [0.717, 1.165) is 29.4 Å². The smallest absolute Gasteiger partial charge is 0.306 e. The van der Waals surface area contributed by atoms with E-state index < -0.39 is 21.9 Å². The van der Waals surface area contributed by atoms with Crippen molar-refractivity contribution in [2.45, 2.75) is 31.7 Å². The molecule has 4 rings (SSSR count). The van der Waals surface area contributed by atoms with Crippen LogP contribution in [0.3, 0.4) is 0 Å². The van der Waals surface area contributed by atoms with E-state index in [1.807, 2.05) is 54.6 Å². The first kappa shape index (κ1) is 32.6. The number of halogens is 1. The number of aryl methyl sites for hydroxylation is 1. The van der Waals surface area contributed by atoms with Gasteiger partial charge in [-0.2, -0.15) is 0 Å². The fourth-order valence-electron chi connectivity index (χ4n) is 5.28. The Labute approximate surface area is 253 Å². The zero-order valence-electron chi connectivity index (χ0n) is 23.7. The standard InChI is InChI=1S/C31H36N4O5S.ClH/c1-40-29(36)20-26-19-28(34(31(26)37)18-6-9-22-7-4-3-5-8-22)21-35(41(2,38)39)27-16-14-24(15-17-27)23-10-12-25(13-11-23)30(32)33;/h3-5,7-8,10-17,26,28H,6,9,18-21H2,1-2H3,(H3,32,33);1H/t26-,28-;/m0./s1. The summed E-state index contributed by atoms with van der Waals surface area (Å²) < 4.78 is 32.1. The van der Waals surface area contributed by atoms with Crippen LogP contribution in [0.25, 0.3) is 11.1 Å². The Bertz CT molecular complexity index is 1480.